The summed E-state index contributed by atoms with van der Waals surface area (Å²) >= 11 is 0. The number of hydrogen-bond acceptors (Lipinski definition) is 4. The summed E-state index contributed by atoms with van der Waals surface area (Å²) in [6.45, 7) is 1.48. The predicted octanol–water partition coefficient (Wildman–Crippen LogP) is 3.03. The fourth-order valence-corrected chi connectivity index (χ4v) is 3.29. The highest BCUT2D eigenvalue weighted by Crippen LogP contribution is 2.26. The average Bonchev–Trinajstić information content (AvgIpc) is 3.19. The van der Waals surface area contributed by atoms with Gasteiger partial charge in [-0.15, -0.1) is 0 Å². The van der Waals surface area contributed by atoms with Gasteiger partial charge in [-0.1, -0.05) is 18.9 Å². The Bertz CT molecular complexity index is 661. The largest absolute Gasteiger partial charge is 0.480 e. The van der Waals surface area contributed by atoms with Crippen LogP contribution >= 0.6 is 0 Å². The highest BCUT2D eigenvalue weighted by Gasteiger charge is 2.28. The molecule has 5 nitrogen and oxygen atoms in total. The van der Waals surface area contributed by atoms with E-state index in [1.165, 1.54) is 13.0 Å². The first-order valence-electron chi connectivity index (χ1n) is 9.54. The van der Waals surface area contributed by atoms with Gasteiger partial charge >= 0.3 is 0 Å². The highest BCUT2D eigenvalue weighted by atomic mass is 19.1. The van der Waals surface area contributed by atoms with Crippen LogP contribution in [-0.2, 0) is 9.59 Å². The second kappa shape index (κ2) is 10.3. The molecule has 0 heterocycles. The van der Waals surface area contributed by atoms with E-state index in [0.717, 1.165) is 38.2 Å². The van der Waals surface area contributed by atoms with Crippen molar-refractivity contribution in [1.29, 1.82) is 0 Å². The molecule has 1 amide bonds. The molecule has 0 aliphatic heterocycles. The Balaban J connectivity index is 1.99. The minimum absolute atomic E-state index is 0.0672. The van der Waals surface area contributed by atoms with Crippen molar-refractivity contribution in [2.45, 2.75) is 57.9 Å². The van der Waals surface area contributed by atoms with Gasteiger partial charge in [0, 0.05) is 5.92 Å². The van der Waals surface area contributed by atoms with Crippen molar-refractivity contribution in [2.75, 3.05) is 13.2 Å². The van der Waals surface area contributed by atoms with Crippen molar-refractivity contribution < 1.29 is 23.1 Å². The van der Waals surface area contributed by atoms with Crippen molar-refractivity contribution in [3.05, 3.63) is 29.3 Å². The Morgan fingerprint density at radius 1 is 1.26 bits per heavy atom. The molecule has 1 saturated carbocycles. The van der Waals surface area contributed by atoms with Gasteiger partial charge < -0.3 is 15.8 Å². The number of nitrogens with one attached hydrogen (secondary N) is 1. The lowest BCUT2D eigenvalue weighted by molar-refractivity contribution is -0.131. The zero-order valence-corrected chi connectivity index (χ0v) is 15.7. The number of ether oxygens (including phenoxy) is 1. The van der Waals surface area contributed by atoms with Gasteiger partial charge in [0.1, 0.15) is 6.61 Å². The predicted molar refractivity (Wildman–Crippen MR) is 98.4 cm³/mol. The second-order valence-electron chi connectivity index (χ2n) is 7.09. The molecule has 1 atom stereocenters. The lowest BCUT2D eigenvalue weighted by Crippen LogP contribution is -2.45. The third kappa shape index (κ3) is 5.99. The maximum absolute atomic E-state index is 14.0. The van der Waals surface area contributed by atoms with Crippen LogP contribution in [-0.4, -0.2) is 30.9 Å². The molecule has 27 heavy (non-hydrogen) atoms. The number of carbonyl (C=O) groups is 2. The van der Waals surface area contributed by atoms with E-state index in [9.17, 15) is 18.4 Å². The van der Waals surface area contributed by atoms with Crippen LogP contribution in [0.5, 0.6) is 5.75 Å². The van der Waals surface area contributed by atoms with Gasteiger partial charge in [-0.05, 0) is 57.2 Å². The van der Waals surface area contributed by atoms with Crippen LogP contribution in [0.3, 0.4) is 0 Å². The zero-order chi connectivity index (χ0) is 19.8. The molecular formula is C20H28F2N2O3. The Morgan fingerprint density at radius 2 is 1.96 bits per heavy atom. The van der Waals surface area contributed by atoms with Gasteiger partial charge in [-0.25, -0.2) is 8.78 Å². The number of rotatable bonds is 10. The number of ketones is 1. The molecule has 7 heteroatoms. The van der Waals surface area contributed by atoms with Crippen LogP contribution in [0.15, 0.2) is 12.1 Å². The van der Waals surface area contributed by atoms with Crippen LogP contribution in [0.4, 0.5) is 8.78 Å². The second-order valence-corrected chi connectivity index (χ2v) is 7.09. The van der Waals surface area contributed by atoms with Crippen LogP contribution in [0.2, 0.25) is 0 Å². The first kappa shape index (κ1) is 21.3. The number of benzene rings is 1. The van der Waals surface area contributed by atoms with Crippen molar-refractivity contribution in [1.82, 2.24) is 5.32 Å². The number of unbranched alkanes of at least 4 members (excludes halogenated alkanes) is 1. The van der Waals surface area contributed by atoms with E-state index in [1.54, 1.807) is 0 Å². The maximum atomic E-state index is 14.0. The van der Waals surface area contributed by atoms with Crippen LogP contribution in [0.1, 0.15) is 50.5 Å². The van der Waals surface area contributed by atoms with Crippen LogP contribution in [0.25, 0.3) is 0 Å². The molecule has 0 saturated heterocycles. The molecule has 1 aliphatic carbocycles. The molecule has 1 aromatic rings. The fourth-order valence-electron chi connectivity index (χ4n) is 3.29. The highest BCUT2D eigenvalue weighted by molar-refractivity contribution is 5.90. The average molecular weight is 382 g/mol. The Morgan fingerprint density at radius 3 is 2.63 bits per heavy atom. The summed E-state index contributed by atoms with van der Waals surface area (Å²) in [6, 6.07) is 1.66. The smallest absolute Gasteiger partial charge is 0.223 e. The molecule has 0 bridgehead atoms. The van der Waals surface area contributed by atoms with Gasteiger partial charge in [0.2, 0.25) is 5.91 Å². The molecule has 0 radical (unpaired) electrons. The SMILES string of the molecule is Cc1ccc(F)c(OCC(=O)C(CCCCN)NC(=O)C2CCCC2)c1F. The third-order valence-electron chi connectivity index (χ3n) is 4.98. The monoisotopic (exact) mass is 382 g/mol. The lowest BCUT2D eigenvalue weighted by atomic mass is 10.0. The summed E-state index contributed by atoms with van der Waals surface area (Å²) in [7, 11) is 0. The van der Waals surface area contributed by atoms with Crippen molar-refractivity contribution in [3.63, 3.8) is 0 Å². The van der Waals surface area contributed by atoms with Crippen LogP contribution < -0.4 is 15.8 Å². The van der Waals surface area contributed by atoms with Gasteiger partial charge in [0.15, 0.2) is 23.2 Å². The van der Waals surface area contributed by atoms with Crippen molar-refractivity contribution >= 4 is 11.7 Å². The van der Waals surface area contributed by atoms with Gasteiger partial charge in [-0.2, -0.15) is 0 Å². The molecule has 1 unspecified atom stereocenters. The molecule has 0 aromatic heterocycles. The summed E-state index contributed by atoms with van der Waals surface area (Å²) < 4.78 is 32.9. The van der Waals surface area contributed by atoms with E-state index >= 15 is 0 Å². The van der Waals surface area contributed by atoms with E-state index < -0.39 is 35.8 Å². The van der Waals surface area contributed by atoms with Gasteiger partial charge in [0.25, 0.3) is 0 Å². The maximum Gasteiger partial charge on any atom is 0.223 e. The van der Waals surface area contributed by atoms with E-state index in [0.29, 0.717) is 19.4 Å². The molecule has 0 spiro atoms. The summed E-state index contributed by atoms with van der Waals surface area (Å²) in [5, 5.41) is 2.80. The van der Waals surface area contributed by atoms with Crippen molar-refractivity contribution in [3.8, 4) is 5.75 Å². The number of nitrogens with two attached hydrogens (primary N) is 1. The summed E-state index contributed by atoms with van der Waals surface area (Å²) in [5.74, 6) is -2.85. The zero-order valence-electron chi connectivity index (χ0n) is 15.7. The van der Waals surface area contributed by atoms with Gasteiger partial charge in [-0.3, -0.25) is 9.59 Å². The minimum atomic E-state index is -0.861. The molecule has 3 N–H and O–H groups in total. The number of Topliss-reactive ketones (excluding diaryl/α,β-unsaturated/α-hetero) is 1. The number of amides is 1. The topological polar surface area (TPSA) is 81.4 Å². The molecular weight excluding hydrogens is 354 g/mol. The molecule has 1 aliphatic rings. The number of carbonyl (C=O) groups excluding carboxylic acids is 2. The Hall–Kier alpha value is -2.02. The Kier molecular flexibility index (Phi) is 8.16. The molecule has 1 aromatic carbocycles. The minimum Gasteiger partial charge on any atom is -0.480 e. The normalized spacial score (nSPS) is 15.6. The Labute approximate surface area is 158 Å². The summed E-state index contributed by atoms with van der Waals surface area (Å²) in [5.41, 5.74) is 5.72. The summed E-state index contributed by atoms with van der Waals surface area (Å²) in [4.78, 5) is 24.9. The quantitative estimate of drug-likeness (QED) is 0.610. The fraction of sp³-hybridized carbons (Fsp3) is 0.600. The van der Waals surface area contributed by atoms with Gasteiger partial charge in [0.05, 0.1) is 6.04 Å². The van der Waals surface area contributed by atoms with E-state index in [1.807, 2.05) is 0 Å². The number of hydrogen-bond donors (Lipinski definition) is 2. The standard InChI is InChI=1S/C20H28F2N2O3/c1-13-9-10-15(21)19(18(13)22)27-12-17(25)16(8-4-5-11-23)24-20(26)14-6-2-3-7-14/h9-10,14,16H,2-8,11-12,23H2,1H3,(H,24,26). The summed E-state index contributed by atoms with van der Waals surface area (Å²) in [6.07, 6.45) is 5.50. The first-order chi connectivity index (χ1) is 12.9. The van der Waals surface area contributed by atoms with Crippen LogP contribution in [0, 0.1) is 24.5 Å². The van der Waals surface area contributed by atoms with E-state index in [4.69, 9.17) is 10.5 Å². The third-order valence-corrected chi connectivity index (χ3v) is 4.98. The molecule has 2 rings (SSSR count). The lowest BCUT2D eigenvalue weighted by Gasteiger charge is -2.20. The first-order valence-corrected chi connectivity index (χ1v) is 9.54. The van der Waals surface area contributed by atoms with E-state index in [-0.39, 0.29) is 17.4 Å². The van der Waals surface area contributed by atoms with Crippen molar-refractivity contribution in [2.24, 2.45) is 11.7 Å². The molecule has 1 fully saturated rings. The number of halogens is 2. The van der Waals surface area contributed by atoms with E-state index in [2.05, 4.69) is 5.32 Å². The number of aryl methyl sites for hydroxylation is 1. The molecule has 150 valence electrons.